The van der Waals surface area contributed by atoms with E-state index >= 15 is 0 Å². The molecule has 0 aromatic heterocycles. The topological polar surface area (TPSA) is 61.9 Å². The van der Waals surface area contributed by atoms with E-state index in [1.165, 1.54) is 0 Å². The lowest BCUT2D eigenvalue weighted by molar-refractivity contribution is -0.158. The zero-order chi connectivity index (χ0) is 16.2. The van der Waals surface area contributed by atoms with Crippen LogP contribution in [0.2, 0.25) is 0 Å². The molecular formula is C17H23N3O3. The van der Waals surface area contributed by atoms with Gasteiger partial charge in [-0.2, -0.15) is 0 Å². The number of nitrogens with one attached hydrogen (secondary N) is 1. The molecule has 23 heavy (non-hydrogen) atoms. The van der Waals surface area contributed by atoms with Gasteiger partial charge >= 0.3 is 11.8 Å². The van der Waals surface area contributed by atoms with Crippen molar-refractivity contribution in [3.63, 3.8) is 0 Å². The first-order chi connectivity index (χ1) is 11.2. The molecule has 2 saturated heterocycles. The first-order valence-electron chi connectivity index (χ1n) is 8.13. The predicted octanol–water partition coefficient (Wildman–Crippen LogP) is 0.618. The van der Waals surface area contributed by atoms with Crippen LogP contribution in [-0.4, -0.2) is 60.9 Å². The highest BCUT2D eigenvalue weighted by Crippen LogP contribution is 2.22. The van der Waals surface area contributed by atoms with Crippen LogP contribution in [0.3, 0.4) is 0 Å². The number of hydrogen-bond acceptors (Lipinski definition) is 4. The second-order valence-electron chi connectivity index (χ2n) is 6.02. The van der Waals surface area contributed by atoms with Gasteiger partial charge in [0.05, 0.1) is 7.11 Å². The highest BCUT2D eigenvalue weighted by atomic mass is 16.5. The first kappa shape index (κ1) is 15.8. The fourth-order valence-electron chi connectivity index (χ4n) is 3.35. The molecule has 3 rings (SSSR count). The Hall–Kier alpha value is -2.08. The van der Waals surface area contributed by atoms with Crippen LogP contribution in [0.1, 0.15) is 18.4 Å². The van der Waals surface area contributed by atoms with Crippen molar-refractivity contribution >= 4 is 11.8 Å². The van der Waals surface area contributed by atoms with Crippen molar-refractivity contribution in [2.45, 2.75) is 25.4 Å². The average molecular weight is 317 g/mol. The van der Waals surface area contributed by atoms with E-state index in [1.807, 2.05) is 24.3 Å². The zero-order valence-corrected chi connectivity index (χ0v) is 13.5. The van der Waals surface area contributed by atoms with Gasteiger partial charge in [-0.1, -0.05) is 18.2 Å². The monoisotopic (exact) mass is 317 g/mol. The predicted molar refractivity (Wildman–Crippen MR) is 86.0 cm³/mol. The maximum Gasteiger partial charge on any atom is 0.312 e. The largest absolute Gasteiger partial charge is 0.496 e. The number of hydrogen-bond donors (Lipinski definition) is 1. The lowest BCUT2D eigenvalue weighted by Crippen LogP contribution is -2.58. The van der Waals surface area contributed by atoms with Gasteiger partial charge < -0.3 is 19.9 Å². The molecule has 124 valence electrons. The van der Waals surface area contributed by atoms with Crippen molar-refractivity contribution in [3.8, 4) is 5.75 Å². The van der Waals surface area contributed by atoms with Crippen molar-refractivity contribution in [1.82, 2.24) is 15.1 Å². The molecule has 0 spiro atoms. The molecule has 2 heterocycles. The van der Waals surface area contributed by atoms with Gasteiger partial charge in [0.15, 0.2) is 0 Å². The molecule has 0 radical (unpaired) electrons. The van der Waals surface area contributed by atoms with Crippen LogP contribution in [0, 0.1) is 0 Å². The highest BCUT2D eigenvalue weighted by Gasteiger charge is 2.36. The van der Waals surface area contributed by atoms with Crippen LogP contribution in [0.25, 0.3) is 0 Å². The summed E-state index contributed by atoms with van der Waals surface area (Å²) in [6.07, 6.45) is 1.84. The number of methoxy groups -OCH3 is 1. The molecule has 6 heteroatoms. The molecule has 0 saturated carbocycles. The number of rotatable bonds is 4. The maximum absolute atomic E-state index is 12.5. The van der Waals surface area contributed by atoms with Crippen molar-refractivity contribution in [2.24, 2.45) is 0 Å². The number of ether oxygens (including phenoxy) is 1. The Morgan fingerprint density at radius 1 is 1.13 bits per heavy atom. The summed E-state index contributed by atoms with van der Waals surface area (Å²) in [5, 5.41) is 3.29. The van der Waals surface area contributed by atoms with Crippen LogP contribution in [-0.2, 0) is 16.1 Å². The minimum absolute atomic E-state index is 0.195. The number of carbonyl (C=O) groups excluding carboxylic acids is 2. The zero-order valence-electron chi connectivity index (χ0n) is 13.5. The fourth-order valence-corrected chi connectivity index (χ4v) is 3.35. The average Bonchev–Trinajstić information content (AvgIpc) is 2.60. The minimum atomic E-state index is -0.402. The molecule has 1 aromatic carbocycles. The van der Waals surface area contributed by atoms with Crippen LogP contribution in [0.5, 0.6) is 5.75 Å². The number of benzene rings is 1. The van der Waals surface area contributed by atoms with Crippen molar-refractivity contribution in [3.05, 3.63) is 29.8 Å². The van der Waals surface area contributed by atoms with E-state index in [4.69, 9.17) is 4.74 Å². The second-order valence-corrected chi connectivity index (χ2v) is 6.02. The van der Waals surface area contributed by atoms with Gasteiger partial charge in [0.2, 0.25) is 0 Å². The van der Waals surface area contributed by atoms with Gasteiger partial charge in [-0.25, -0.2) is 0 Å². The summed E-state index contributed by atoms with van der Waals surface area (Å²) in [5.41, 5.74) is 0.923. The van der Waals surface area contributed by atoms with Crippen molar-refractivity contribution < 1.29 is 14.3 Å². The molecule has 1 N–H and O–H groups in total. The third-order valence-corrected chi connectivity index (χ3v) is 4.65. The van der Waals surface area contributed by atoms with E-state index in [1.54, 1.807) is 16.9 Å². The molecule has 0 aliphatic carbocycles. The summed E-state index contributed by atoms with van der Waals surface area (Å²) < 4.78 is 5.32. The maximum atomic E-state index is 12.5. The molecule has 2 amide bonds. The normalized spacial score (nSPS) is 20.0. The Kier molecular flexibility index (Phi) is 4.81. The number of piperidine rings is 1. The molecule has 2 fully saturated rings. The number of nitrogens with zero attached hydrogens (tertiary/aromatic N) is 2. The fraction of sp³-hybridized carbons (Fsp3) is 0.529. The van der Waals surface area contributed by atoms with Gasteiger partial charge in [-0.05, 0) is 32.0 Å². The van der Waals surface area contributed by atoms with Gasteiger partial charge in [-0.3, -0.25) is 9.59 Å². The van der Waals surface area contributed by atoms with E-state index in [-0.39, 0.29) is 11.9 Å². The smallest absolute Gasteiger partial charge is 0.312 e. The standard InChI is InChI=1S/C17H23N3O3/c1-23-15-5-3-2-4-13(15)12-19-10-11-20(17(22)16(19)21)14-6-8-18-9-7-14/h2-5,14,18H,6-12H2,1H3. The molecule has 1 aromatic rings. The van der Waals surface area contributed by atoms with Crippen LogP contribution in [0.15, 0.2) is 24.3 Å². The summed E-state index contributed by atoms with van der Waals surface area (Å²) in [7, 11) is 1.61. The SMILES string of the molecule is COc1ccccc1CN1CCN(C2CCNCC2)C(=O)C1=O. The number of amides is 2. The van der Waals surface area contributed by atoms with Gasteiger partial charge in [0.25, 0.3) is 0 Å². The Morgan fingerprint density at radius 2 is 1.87 bits per heavy atom. The van der Waals surface area contributed by atoms with Gasteiger partial charge in [-0.15, -0.1) is 0 Å². The third kappa shape index (κ3) is 3.32. The minimum Gasteiger partial charge on any atom is -0.496 e. The Balaban J connectivity index is 1.67. The summed E-state index contributed by atoms with van der Waals surface area (Å²) in [5.74, 6) is -0.0210. The van der Waals surface area contributed by atoms with Crippen LogP contribution in [0.4, 0.5) is 0 Å². The van der Waals surface area contributed by atoms with E-state index in [2.05, 4.69) is 5.32 Å². The number of carbonyl (C=O) groups is 2. The second kappa shape index (κ2) is 7.00. The molecule has 0 atom stereocenters. The van der Waals surface area contributed by atoms with E-state index in [0.717, 1.165) is 37.2 Å². The number of piperazine rings is 1. The quantitative estimate of drug-likeness (QED) is 0.827. The lowest BCUT2D eigenvalue weighted by Gasteiger charge is -2.40. The Morgan fingerprint density at radius 3 is 2.61 bits per heavy atom. The van der Waals surface area contributed by atoms with E-state index in [0.29, 0.717) is 19.6 Å². The van der Waals surface area contributed by atoms with Crippen molar-refractivity contribution in [2.75, 3.05) is 33.3 Å². The molecular weight excluding hydrogens is 294 g/mol. The summed E-state index contributed by atoms with van der Waals surface area (Å²) in [4.78, 5) is 28.3. The first-order valence-corrected chi connectivity index (χ1v) is 8.13. The molecule has 0 unspecified atom stereocenters. The highest BCUT2D eigenvalue weighted by molar-refractivity contribution is 6.35. The molecule has 2 aliphatic heterocycles. The van der Waals surface area contributed by atoms with Gasteiger partial charge in [0, 0.05) is 31.2 Å². The molecule has 0 bridgehead atoms. The molecule has 2 aliphatic rings. The van der Waals surface area contributed by atoms with E-state index in [9.17, 15) is 9.59 Å². The third-order valence-electron chi connectivity index (χ3n) is 4.65. The lowest BCUT2D eigenvalue weighted by atomic mass is 10.0. The van der Waals surface area contributed by atoms with E-state index < -0.39 is 5.91 Å². The van der Waals surface area contributed by atoms with Gasteiger partial charge in [0.1, 0.15) is 5.75 Å². The van der Waals surface area contributed by atoms with Crippen LogP contribution >= 0.6 is 0 Å². The molecule has 6 nitrogen and oxygen atoms in total. The summed E-state index contributed by atoms with van der Waals surface area (Å²) in [6.45, 7) is 3.42. The Labute approximate surface area is 136 Å². The summed E-state index contributed by atoms with van der Waals surface area (Å²) in [6, 6.07) is 7.80. The van der Waals surface area contributed by atoms with Crippen LogP contribution < -0.4 is 10.1 Å². The Bertz CT molecular complexity index is 584. The number of para-hydroxylation sites is 1. The van der Waals surface area contributed by atoms with Crippen molar-refractivity contribution in [1.29, 1.82) is 0 Å². The summed E-state index contributed by atoms with van der Waals surface area (Å²) >= 11 is 0.